The minimum atomic E-state index is -0.586. The van der Waals surface area contributed by atoms with Crippen molar-refractivity contribution in [2.24, 2.45) is 5.73 Å². The number of nitrogens with zero attached hydrogens (tertiary/aromatic N) is 2. The Kier molecular flexibility index (Phi) is 3.06. The van der Waals surface area contributed by atoms with Crippen LogP contribution < -0.4 is 5.73 Å². The van der Waals surface area contributed by atoms with Gasteiger partial charge in [-0.15, -0.1) is 0 Å². The largest absolute Gasteiger partial charge is 0.364 e. The highest BCUT2D eigenvalue weighted by atomic mass is 16.5. The highest BCUT2D eigenvalue weighted by molar-refractivity contribution is 5.97. The molecule has 0 aromatic carbocycles. The molecule has 0 unspecified atom stereocenters. The lowest BCUT2D eigenvalue weighted by molar-refractivity contribution is 0.0992. The Morgan fingerprint density at radius 1 is 1.37 bits per heavy atom. The third kappa shape index (κ3) is 2.14. The fourth-order valence-electron chi connectivity index (χ4n) is 2.75. The van der Waals surface area contributed by atoms with E-state index in [1.165, 1.54) is 19.3 Å². The van der Waals surface area contributed by atoms with Crippen LogP contribution in [0.3, 0.4) is 0 Å². The van der Waals surface area contributed by atoms with Gasteiger partial charge < -0.3 is 15.2 Å². The summed E-state index contributed by atoms with van der Waals surface area (Å²) in [5.74, 6) is 1.05. The van der Waals surface area contributed by atoms with Crippen molar-refractivity contribution in [2.75, 3.05) is 0 Å². The maximum absolute atomic E-state index is 11.5. The summed E-state index contributed by atoms with van der Waals surface area (Å²) in [5, 5.41) is 3.84. The van der Waals surface area contributed by atoms with Crippen molar-refractivity contribution in [3.8, 4) is 11.4 Å². The molecule has 0 saturated heterocycles. The summed E-state index contributed by atoms with van der Waals surface area (Å²) >= 11 is 0. The van der Waals surface area contributed by atoms with Crippen molar-refractivity contribution in [1.82, 2.24) is 15.1 Å². The van der Waals surface area contributed by atoms with Gasteiger partial charge in [0.2, 0.25) is 0 Å². The number of nitrogens with one attached hydrogen (secondary N) is 1. The molecule has 1 aliphatic rings. The van der Waals surface area contributed by atoms with Gasteiger partial charge in [0.15, 0.2) is 11.5 Å². The molecule has 0 atom stereocenters. The molecule has 2 aromatic rings. The molecular weight excluding hydrogens is 244 g/mol. The fraction of sp³-hybridized carbons (Fsp3) is 0.462. The number of H-pyrrole nitrogens is 1. The van der Waals surface area contributed by atoms with Gasteiger partial charge in [-0.3, -0.25) is 4.79 Å². The summed E-state index contributed by atoms with van der Waals surface area (Å²) in [6.07, 6.45) is 9.06. The fourth-order valence-corrected chi connectivity index (χ4v) is 2.75. The molecule has 0 spiro atoms. The number of carbonyl (C=O) groups is 1. The molecule has 0 aliphatic heterocycles. The van der Waals surface area contributed by atoms with E-state index in [-0.39, 0.29) is 5.69 Å². The number of primary amides is 1. The van der Waals surface area contributed by atoms with Crippen molar-refractivity contribution < 1.29 is 9.32 Å². The molecule has 19 heavy (non-hydrogen) atoms. The summed E-state index contributed by atoms with van der Waals surface area (Å²) < 4.78 is 5.41. The Hall–Kier alpha value is -2.11. The predicted octanol–water partition coefficient (Wildman–Crippen LogP) is 2.21. The predicted molar refractivity (Wildman–Crippen MR) is 68.4 cm³/mol. The van der Waals surface area contributed by atoms with Crippen molar-refractivity contribution in [3.05, 3.63) is 23.8 Å². The van der Waals surface area contributed by atoms with Gasteiger partial charge in [-0.1, -0.05) is 24.4 Å². The normalized spacial score (nSPS) is 16.6. The number of aromatic nitrogens is 3. The Morgan fingerprint density at radius 3 is 2.79 bits per heavy atom. The van der Waals surface area contributed by atoms with E-state index in [0.717, 1.165) is 18.6 Å². The zero-order valence-electron chi connectivity index (χ0n) is 10.6. The quantitative estimate of drug-likeness (QED) is 0.883. The van der Waals surface area contributed by atoms with Crippen LogP contribution in [0.2, 0.25) is 0 Å². The molecule has 3 rings (SSSR count). The zero-order chi connectivity index (χ0) is 13.2. The molecule has 100 valence electrons. The summed E-state index contributed by atoms with van der Waals surface area (Å²) in [4.78, 5) is 18.7. The highest BCUT2D eigenvalue weighted by Gasteiger charge is 2.29. The third-order valence-electron chi connectivity index (χ3n) is 3.66. The second-order valence-electron chi connectivity index (χ2n) is 4.91. The number of hydrogen-bond donors (Lipinski definition) is 2. The van der Waals surface area contributed by atoms with Gasteiger partial charge in [-0.05, 0) is 12.8 Å². The number of rotatable bonds is 3. The first kappa shape index (κ1) is 12.0. The number of nitrogens with two attached hydrogens (primary N) is 1. The van der Waals surface area contributed by atoms with Crippen molar-refractivity contribution in [1.29, 1.82) is 0 Å². The number of carbonyl (C=O) groups excluding carboxylic acids is 1. The van der Waals surface area contributed by atoms with E-state index in [1.54, 1.807) is 12.4 Å². The molecule has 2 heterocycles. The van der Waals surface area contributed by atoms with E-state index in [0.29, 0.717) is 17.3 Å². The van der Waals surface area contributed by atoms with Crippen LogP contribution in [0.15, 0.2) is 16.9 Å². The second kappa shape index (κ2) is 4.87. The van der Waals surface area contributed by atoms with Crippen LogP contribution in [-0.4, -0.2) is 21.0 Å². The Labute approximate surface area is 110 Å². The first-order chi connectivity index (χ1) is 9.27. The minimum absolute atomic E-state index is 0.163. The van der Waals surface area contributed by atoms with Gasteiger partial charge >= 0.3 is 0 Å². The summed E-state index contributed by atoms with van der Waals surface area (Å²) in [5.41, 5.74) is 6.15. The van der Waals surface area contributed by atoms with Crippen LogP contribution in [0, 0.1) is 0 Å². The topological polar surface area (TPSA) is 97.8 Å². The Bertz CT molecular complexity index is 567. The van der Waals surface area contributed by atoms with E-state index < -0.39 is 5.91 Å². The molecule has 1 saturated carbocycles. The third-order valence-corrected chi connectivity index (χ3v) is 3.66. The maximum atomic E-state index is 11.5. The van der Waals surface area contributed by atoms with Crippen LogP contribution in [0.1, 0.15) is 54.3 Å². The van der Waals surface area contributed by atoms with E-state index in [9.17, 15) is 4.79 Å². The number of imidazole rings is 1. The molecule has 3 N–H and O–H groups in total. The number of amides is 1. The lowest BCUT2D eigenvalue weighted by atomic mass is 9.85. The molecule has 6 nitrogen and oxygen atoms in total. The van der Waals surface area contributed by atoms with Crippen molar-refractivity contribution in [3.63, 3.8) is 0 Å². The molecular formula is C13H16N4O2. The monoisotopic (exact) mass is 260 g/mol. The van der Waals surface area contributed by atoms with Gasteiger partial charge in [-0.25, -0.2) is 4.98 Å². The summed E-state index contributed by atoms with van der Waals surface area (Å²) in [6, 6.07) is 0. The van der Waals surface area contributed by atoms with Crippen molar-refractivity contribution >= 4 is 5.91 Å². The van der Waals surface area contributed by atoms with Gasteiger partial charge in [0, 0.05) is 18.3 Å². The van der Waals surface area contributed by atoms with Crippen LogP contribution in [0.25, 0.3) is 11.4 Å². The van der Waals surface area contributed by atoms with E-state index >= 15 is 0 Å². The molecule has 0 radical (unpaired) electrons. The number of aromatic amines is 1. The average molecular weight is 260 g/mol. The maximum Gasteiger partial charge on any atom is 0.271 e. The van der Waals surface area contributed by atoms with E-state index in [1.807, 2.05) is 0 Å². The Morgan fingerprint density at radius 2 is 2.16 bits per heavy atom. The first-order valence-corrected chi connectivity index (χ1v) is 6.56. The van der Waals surface area contributed by atoms with Crippen LogP contribution in [-0.2, 0) is 0 Å². The van der Waals surface area contributed by atoms with Crippen LogP contribution in [0.4, 0.5) is 0 Å². The number of hydrogen-bond acceptors (Lipinski definition) is 4. The lowest BCUT2D eigenvalue weighted by Crippen LogP contribution is -2.13. The second-order valence-corrected chi connectivity index (χ2v) is 4.91. The van der Waals surface area contributed by atoms with E-state index in [2.05, 4.69) is 15.1 Å². The van der Waals surface area contributed by atoms with E-state index in [4.69, 9.17) is 10.3 Å². The van der Waals surface area contributed by atoms with Gasteiger partial charge in [0.05, 0.1) is 5.56 Å². The summed E-state index contributed by atoms with van der Waals surface area (Å²) in [6.45, 7) is 0. The lowest BCUT2D eigenvalue weighted by Gasteiger charge is -2.19. The van der Waals surface area contributed by atoms with Gasteiger partial charge in [-0.2, -0.15) is 0 Å². The van der Waals surface area contributed by atoms with Gasteiger partial charge in [0.1, 0.15) is 5.82 Å². The highest BCUT2D eigenvalue weighted by Crippen LogP contribution is 2.38. The molecule has 0 bridgehead atoms. The molecule has 1 aliphatic carbocycles. The molecule has 1 amide bonds. The smallest absolute Gasteiger partial charge is 0.271 e. The average Bonchev–Trinajstić information content (AvgIpc) is 3.08. The first-order valence-electron chi connectivity index (χ1n) is 6.56. The molecule has 6 heteroatoms. The molecule has 2 aromatic heterocycles. The standard InChI is InChI=1S/C13H16N4O2/c14-12(18)10-9(13-15-6-7-16-13)11(19-17-10)8-4-2-1-3-5-8/h6-8H,1-5H2,(H2,14,18)(H,15,16). The molecule has 1 fully saturated rings. The van der Waals surface area contributed by atoms with Crippen molar-refractivity contribution in [2.45, 2.75) is 38.0 Å². The van der Waals surface area contributed by atoms with Crippen LogP contribution >= 0.6 is 0 Å². The minimum Gasteiger partial charge on any atom is -0.364 e. The Balaban J connectivity index is 2.06. The SMILES string of the molecule is NC(=O)c1noc(C2CCCCC2)c1-c1ncc[nH]1. The zero-order valence-corrected chi connectivity index (χ0v) is 10.6. The summed E-state index contributed by atoms with van der Waals surface area (Å²) in [7, 11) is 0. The van der Waals surface area contributed by atoms with Gasteiger partial charge in [0.25, 0.3) is 5.91 Å². The van der Waals surface area contributed by atoms with Crippen LogP contribution in [0.5, 0.6) is 0 Å².